The smallest absolute Gasteiger partial charge is 0.302 e. The van der Waals surface area contributed by atoms with Gasteiger partial charge in [-0.1, -0.05) is 23.2 Å². The Morgan fingerprint density at radius 2 is 1.58 bits per heavy atom. The molecule has 0 amide bonds. The van der Waals surface area contributed by atoms with E-state index in [2.05, 4.69) is 10.2 Å². The van der Waals surface area contributed by atoms with Gasteiger partial charge in [0.1, 0.15) is 0 Å². The predicted octanol–water partition coefficient (Wildman–Crippen LogP) is 0.292. The number of H-pyrrole nitrogens is 1. The Labute approximate surface area is 154 Å². The molecular formula is C15H11Cl2N5O4. The molecule has 0 radical (unpaired) electrons. The van der Waals surface area contributed by atoms with E-state index in [4.69, 9.17) is 23.2 Å². The van der Waals surface area contributed by atoms with Gasteiger partial charge in [-0.3, -0.25) is 19.1 Å². The highest BCUT2D eigenvalue weighted by molar-refractivity contribution is 6.34. The molecule has 2 aromatic heterocycles. The lowest BCUT2D eigenvalue weighted by atomic mass is 10.2. The average molecular weight is 396 g/mol. The van der Waals surface area contributed by atoms with E-state index in [9.17, 15) is 19.2 Å². The number of aryl methyl sites for hydroxylation is 2. The molecule has 0 saturated heterocycles. The van der Waals surface area contributed by atoms with Crippen LogP contribution in [0, 0.1) is 0 Å². The molecular weight excluding hydrogens is 385 g/mol. The zero-order valence-electron chi connectivity index (χ0n) is 13.5. The minimum Gasteiger partial charge on any atom is -0.302 e. The summed E-state index contributed by atoms with van der Waals surface area (Å²) in [7, 11) is 2.66. The van der Waals surface area contributed by atoms with Gasteiger partial charge < -0.3 is 5.10 Å². The normalized spacial score (nSPS) is 10.9. The summed E-state index contributed by atoms with van der Waals surface area (Å²) in [5.74, 6) is 0. The van der Waals surface area contributed by atoms with E-state index in [0.29, 0.717) is 0 Å². The Morgan fingerprint density at radius 1 is 0.962 bits per heavy atom. The van der Waals surface area contributed by atoms with Gasteiger partial charge in [0.2, 0.25) is 0 Å². The lowest BCUT2D eigenvalue weighted by Crippen LogP contribution is -2.42. The first-order valence-corrected chi connectivity index (χ1v) is 7.92. The van der Waals surface area contributed by atoms with Gasteiger partial charge in [0.15, 0.2) is 5.69 Å². The molecule has 0 saturated carbocycles. The van der Waals surface area contributed by atoms with Crippen LogP contribution in [0.5, 0.6) is 0 Å². The maximum atomic E-state index is 12.9. The number of nitrogens with zero attached hydrogens (tertiary/aromatic N) is 4. The Balaban J connectivity index is 2.42. The third-order valence-corrected chi connectivity index (χ3v) is 4.07. The van der Waals surface area contributed by atoms with E-state index in [1.165, 1.54) is 38.5 Å². The number of aromatic nitrogens is 5. The van der Waals surface area contributed by atoms with Crippen molar-refractivity contribution in [3.63, 3.8) is 0 Å². The van der Waals surface area contributed by atoms with Gasteiger partial charge in [-0.2, -0.15) is 5.10 Å². The summed E-state index contributed by atoms with van der Waals surface area (Å²) in [5.41, 5.74) is -3.95. The molecule has 0 aliphatic carbocycles. The largest absolute Gasteiger partial charge is 0.351 e. The molecule has 2 heterocycles. The molecule has 0 aliphatic rings. The Kier molecular flexibility index (Phi) is 4.43. The fourth-order valence-electron chi connectivity index (χ4n) is 2.37. The predicted molar refractivity (Wildman–Crippen MR) is 96.4 cm³/mol. The quantitative estimate of drug-likeness (QED) is 0.626. The third-order valence-electron chi connectivity index (χ3n) is 3.63. The van der Waals surface area contributed by atoms with Crippen molar-refractivity contribution in [2.75, 3.05) is 0 Å². The van der Waals surface area contributed by atoms with Crippen LogP contribution in [0.4, 0.5) is 0 Å². The maximum absolute atomic E-state index is 12.9. The molecule has 0 aliphatic heterocycles. The number of hydrogen-bond donors (Lipinski definition) is 1. The first kappa shape index (κ1) is 17.9. The topological polar surface area (TPSA) is 112 Å². The molecule has 1 aromatic carbocycles. The van der Waals surface area contributed by atoms with Crippen LogP contribution in [0.3, 0.4) is 0 Å². The van der Waals surface area contributed by atoms with E-state index in [1.54, 1.807) is 0 Å². The summed E-state index contributed by atoms with van der Waals surface area (Å²) in [6.07, 6.45) is 1.17. The van der Waals surface area contributed by atoms with Crippen LogP contribution in [-0.4, -0.2) is 24.1 Å². The van der Waals surface area contributed by atoms with Gasteiger partial charge in [0.05, 0.1) is 11.3 Å². The fourth-order valence-corrected chi connectivity index (χ4v) is 2.88. The molecule has 0 bridgehead atoms. The van der Waals surface area contributed by atoms with Crippen LogP contribution < -0.4 is 22.2 Å². The van der Waals surface area contributed by atoms with Crippen molar-refractivity contribution in [3.8, 4) is 16.9 Å². The summed E-state index contributed by atoms with van der Waals surface area (Å²) in [6, 6.07) is 4.18. The second-order valence-electron chi connectivity index (χ2n) is 5.40. The van der Waals surface area contributed by atoms with E-state index in [1.807, 2.05) is 0 Å². The van der Waals surface area contributed by atoms with Crippen molar-refractivity contribution in [2.24, 2.45) is 14.1 Å². The number of benzene rings is 1. The van der Waals surface area contributed by atoms with Gasteiger partial charge >= 0.3 is 11.2 Å². The summed E-state index contributed by atoms with van der Waals surface area (Å²) in [6.45, 7) is 0. The highest BCUT2D eigenvalue weighted by Gasteiger charge is 2.19. The van der Waals surface area contributed by atoms with E-state index in [0.717, 1.165) is 13.9 Å². The Hall–Kier alpha value is -2.91. The second kappa shape index (κ2) is 6.43. The number of aromatic amines is 1. The summed E-state index contributed by atoms with van der Waals surface area (Å²) in [5, 5.41) is 6.80. The van der Waals surface area contributed by atoms with Crippen LogP contribution in [-0.2, 0) is 14.1 Å². The molecule has 3 aromatic rings. The SMILES string of the molecule is Cn1nc(-c2c[nH]n(C)c(=O)c2=O)c(=O)n(-c2cc(Cl)cc(Cl)c2)c1=O. The minimum absolute atomic E-state index is 0.108. The van der Waals surface area contributed by atoms with E-state index < -0.39 is 22.2 Å². The zero-order chi connectivity index (χ0) is 19.2. The maximum Gasteiger partial charge on any atom is 0.351 e. The van der Waals surface area contributed by atoms with Crippen LogP contribution >= 0.6 is 23.2 Å². The van der Waals surface area contributed by atoms with Crippen molar-refractivity contribution in [2.45, 2.75) is 0 Å². The van der Waals surface area contributed by atoms with Crippen molar-refractivity contribution in [1.29, 1.82) is 0 Å². The van der Waals surface area contributed by atoms with Gasteiger partial charge in [-0.15, -0.1) is 0 Å². The average Bonchev–Trinajstić information content (AvgIpc) is 2.56. The van der Waals surface area contributed by atoms with E-state index >= 15 is 0 Å². The number of rotatable bonds is 2. The fraction of sp³-hybridized carbons (Fsp3) is 0.133. The lowest BCUT2D eigenvalue weighted by Gasteiger charge is -2.10. The van der Waals surface area contributed by atoms with Crippen molar-refractivity contribution in [1.82, 2.24) is 24.1 Å². The summed E-state index contributed by atoms with van der Waals surface area (Å²) >= 11 is 11.9. The van der Waals surface area contributed by atoms with E-state index in [-0.39, 0.29) is 27.0 Å². The lowest BCUT2D eigenvalue weighted by molar-refractivity contribution is 0.634. The molecule has 1 N–H and O–H groups in total. The zero-order valence-corrected chi connectivity index (χ0v) is 15.0. The van der Waals surface area contributed by atoms with Gasteiger partial charge in [-0.25, -0.2) is 14.0 Å². The monoisotopic (exact) mass is 395 g/mol. The third kappa shape index (κ3) is 2.91. The van der Waals surface area contributed by atoms with Crippen LogP contribution in [0.2, 0.25) is 10.0 Å². The molecule has 0 spiro atoms. The van der Waals surface area contributed by atoms with Crippen LogP contribution in [0.1, 0.15) is 0 Å². The molecule has 0 unspecified atom stereocenters. The molecule has 3 rings (SSSR count). The van der Waals surface area contributed by atoms with Crippen molar-refractivity contribution < 1.29 is 0 Å². The molecule has 0 atom stereocenters. The van der Waals surface area contributed by atoms with Crippen LogP contribution in [0.15, 0.2) is 43.6 Å². The van der Waals surface area contributed by atoms with Gasteiger partial charge in [0.25, 0.3) is 11.0 Å². The highest BCUT2D eigenvalue weighted by Crippen LogP contribution is 2.20. The Bertz CT molecular complexity index is 1250. The summed E-state index contributed by atoms with van der Waals surface area (Å²) in [4.78, 5) is 49.4. The van der Waals surface area contributed by atoms with Gasteiger partial charge in [0, 0.05) is 30.3 Å². The minimum atomic E-state index is -0.926. The standard InChI is InChI=1S/C15H11Cl2N5O4/c1-20-14(25)12(23)10(6-18-20)11-13(24)22(15(26)21(2)19-11)9-4-7(16)3-8(17)5-9/h3-6,18H,1-2H3. The molecule has 134 valence electrons. The number of halogens is 2. The van der Waals surface area contributed by atoms with Crippen LogP contribution in [0.25, 0.3) is 16.9 Å². The first-order chi connectivity index (χ1) is 12.2. The van der Waals surface area contributed by atoms with Crippen molar-refractivity contribution in [3.05, 3.63) is 75.9 Å². The number of nitrogens with one attached hydrogen (secondary N) is 1. The Morgan fingerprint density at radius 3 is 2.19 bits per heavy atom. The first-order valence-electron chi connectivity index (χ1n) is 7.16. The molecule has 9 nitrogen and oxygen atoms in total. The molecule has 11 heteroatoms. The van der Waals surface area contributed by atoms with Crippen molar-refractivity contribution >= 4 is 23.2 Å². The second-order valence-corrected chi connectivity index (χ2v) is 6.28. The molecule has 0 fully saturated rings. The summed E-state index contributed by atoms with van der Waals surface area (Å²) < 4.78 is 2.61. The number of hydrogen-bond acceptors (Lipinski definition) is 5. The molecule has 26 heavy (non-hydrogen) atoms. The highest BCUT2D eigenvalue weighted by atomic mass is 35.5. The van der Waals surface area contributed by atoms with Gasteiger partial charge in [-0.05, 0) is 18.2 Å².